The van der Waals surface area contributed by atoms with E-state index in [2.05, 4.69) is 23.8 Å². The summed E-state index contributed by atoms with van der Waals surface area (Å²) < 4.78 is 2.87. The molecule has 19 heavy (non-hydrogen) atoms. The van der Waals surface area contributed by atoms with E-state index in [1.807, 2.05) is 11.8 Å². The maximum absolute atomic E-state index is 12.0. The highest BCUT2D eigenvalue weighted by molar-refractivity contribution is 8.00. The second-order valence-corrected chi connectivity index (χ2v) is 7.38. The summed E-state index contributed by atoms with van der Waals surface area (Å²) in [4.78, 5) is 12.0. The molecule has 0 amide bonds. The van der Waals surface area contributed by atoms with E-state index in [0.717, 1.165) is 31.4 Å². The van der Waals surface area contributed by atoms with E-state index in [1.54, 1.807) is 0 Å². The first kappa shape index (κ1) is 13.3. The Morgan fingerprint density at radius 2 is 2.00 bits per heavy atom. The summed E-state index contributed by atoms with van der Waals surface area (Å²) in [5.74, 6) is 0.354. The number of thioether (sulfide) groups is 1. The van der Waals surface area contributed by atoms with Crippen LogP contribution in [0.4, 0.5) is 0 Å². The van der Waals surface area contributed by atoms with Crippen LogP contribution in [0.2, 0.25) is 0 Å². The van der Waals surface area contributed by atoms with Crippen LogP contribution in [0, 0.1) is 6.92 Å². The van der Waals surface area contributed by atoms with Gasteiger partial charge in [-0.1, -0.05) is 12.8 Å². The number of hydrogen-bond donors (Lipinski definition) is 0. The first-order valence-corrected chi connectivity index (χ1v) is 8.65. The SMILES string of the molecule is CSC1(Cn2c(C)cc3c2CCCC3=O)CCCC1. The Bertz CT molecular complexity index is 497. The number of carbonyl (C=O) groups is 1. The van der Waals surface area contributed by atoms with E-state index in [0.29, 0.717) is 10.5 Å². The van der Waals surface area contributed by atoms with Crippen LogP contribution in [0.1, 0.15) is 60.3 Å². The minimum Gasteiger partial charge on any atom is -0.347 e. The van der Waals surface area contributed by atoms with Crippen LogP contribution in [-0.4, -0.2) is 21.4 Å². The fraction of sp³-hybridized carbons (Fsp3) is 0.688. The highest BCUT2D eigenvalue weighted by atomic mass is 32.2. The van der Waals surface area contributed by atoms with E-state index in [1.165, 1.54) is 37.1 Å². The third-order valence-electron chi connectivity index (χ3n) is 4.93. The lowest BCUT2D eigenvalue weighted by Gasteiger charge is -2.30. The number of nitrogens with zero attached hydrogens (tertiary/aromatic N) is 1. The maximum atomic E-state index is 12.0. The average Bonchev–Trinajstić information content (AvgIpc) is 2.99. The standard InChI is InChI=1S/C16H23NOS/c1-12-10-13-14(6-5-7-15(13)18)17(12)11-16(19-2)8-3-4-9-16/h10H,3-9,11H2,1-2H3. The van der Waals surface area contributed by atoms with Gasteiger partial charge in [-0.3, -0.25) is 4.79 Å². The fourth-order valence-corrected chi connectivity index (χ4v) is 4.70. The van der Waals surface area contributed by atoms with E-state index in [9.17, 15) is 4.79 Å². The van der Waals surface area contributed by atoms with Gasteiger partial charge in [0.1, 0.15) is 0 Å². The molecule has 2 aliphatic carbocycles. The molecule has 1 heterocycles. The van der Waals surface area contributed by atoms with Crippen LogP contribution in [0.25, 0.3) is 0 Å². The first-order valence-electron chi connectivity index (χ1n) is 7.43. The Morgan fingerprint density at radius 1 is 1.26 bits per heavy atom. The third kappa shape index (κ3) is 2.26. The van der Waals surface area contributed by atoms with Crippen LogP contribution in [0.5, 0.6) is 0 Å². The average molecular weight is 277 g/mol. The topological polar surface area (TPSA) is 22.0 Å². The van der Waals surface area contributed by atoms with Crippen molar-refractivity contribution in [3.05, 3.63) is 23.0 Å². The van der Waals surface area contributed by atoms with E-state index in [-0.39, 0.29) is 0 Å². The van der Waals surface area contributed by atoms with E-state index >= 15 is 0 Å². The van der Waals surface area contributed by atoms with Gasteiger partial charge in [0.2, 0.25) is 0 Å². The number of aryl methyl sites for hydroxylation is 1. The van der Waals surface area contributed by atoms with Crippen LogP contribution in [-0.2, 0) is 13.0 Å². The normalized spacial score (nSPS) is 21.7. The second-order valence-electron chi connectivity index (χ2n) is 6.10. The molecule has 2 aliphatic rings. The van der Waals surface area contributed by atoms with Gasteiger partial charge in [0, 0.05) is 34.7 Å². The maximum Gasteiger partial charge on any atom is 0.164 e. The van der Waals surface area contributed by atoms with Crippen molar-refractivity contribution in [3.8, 4) is 0 Å². The van der Waals surface area contributed by atoms with E-state index < -0.39 is 0 Å². The molecule has 2 nitrogen and oxygen atoms in total. The van der Waals surface area contributed by atoms with Gasteiger partial charge in [0.15, 0.2) is 5.78 Å². The molecule has 0 bridgehead atoms. The molecule has 1 aromatic heterocycles. The summed E-state index contributed by atoms with van der Waals surface area (Å²) in [6, 6.07) is 2.12. The summed E-state index contributed by atoms with van der Waals surface area (Å²) in [6.07, 6.45) is 10.5. The lowest BCUT2D eigenvalue weighted by molar-refractivity contribution is 0.0971. The number of Topliss-reactive ketones (excluding diaryl/α,β-unsaturated/α-hetero) is 1. The minimum absolute atomic E-state index is 0.354. The second kappa shape index (κ2) is 5.01. The number of fused-ring (bicyclic) bond motifs is 1. The molecule has 3 heteroatoms. The molecule has 104 valence electrons. The Balaban J connectivity index is 1.95. The lowest BCUT2D eigenvalue weighted by Crippen LogP contribution is -2.29. The molecular weight excluding hydrogens is 254 g/mol. The number of ketones is 1. The van der Waals surface area contributed by atoms with Crippen molar-refractivity contribution >= 4 is 17.5 Å². The Morgan fingerprint density at radius 3 is 2.68 bits per heavy atom. The molecule has 0 aromatic carbocycles. The Kier molecular flexibility index (Phi) is 3.50. The van der Waals surface area contributed by atoms with Crippen molar-refractivity contribution < 1.29 is 4.79 Å². The summed E-state index contributed by atoms with van der Waals surface area (Å²) in [7, 11) is 0. The Labute approximate surface area is 120 Å². The van der Waals surface area contributed by atoms with Gasteiger partial charge in [0.25, 0.3) is 0 Å². The molecule has 0 spiro atoms. The number of rotatable bonds is 3. The molecule has 3 rings (SSSR count). The largest absolute Gasteiger partial charge is 0.347 e. The van der Waals surface area contributed by atoms with Crippen LogP contribution in [0.15, 0.2) is 6.07 Å². The number of carbonyl (C=O) groups excluding carboxylic acids is 1. The monoisotopic (exact) mass is 277 g/mol. The smallest absolute Gasteiger partial charge is 0.164 e. The van der Waals surface area contributed by atoms with Crippen LogP contribution < -0.4 is 0 Å². The van der Waals surface area contributed by atoms with Gasteiger partial charge in [-0.25, -0.2) is 0 Å². The van der Waals surface area contributed by atoms with Crippen molar-refractivity contribution in [2.75, 3.05) is 6.26 Å². The van der Waals surface area contributed by atoms with Crippen molar-refractivity contribution in [2.24, 2.45) is 0 Å². The zero-order chi connectivity index (χ0) is 13.5. The molecule has 0 aliphatic heterocycles. The Hall–Kier alpha value is -0.700. The molecule has 1 fully saturated rings. The molecule has 0 N–H and O–H groups in total. The highest BCUT2D eigenvalue weighted by Gasteiger charge is 2.35. The zero-order valence-electron chi connectivity index (χ0n) is 12.0. The van der Waals surface area contributed by atoms with Gasteiger partial charge >= 0.3 is 0 Å². The molecule has 1 aromatic rings. The van der Waals surface area contributed by atoms with E-state index in [4.69, 9.17) is 0 Å². The number of aromatic nitrogens is 1. The molecule has 1 saturated carbocycles. The molecule has 0 saturated heterocycles. The van der Waals surface area contributed by atoms with Crippen molar-refractivity contribution in [2.45, 2.75) is 63.2 Å². The summed E-state index contributed by atoms with van der Waals surface area (Å²) in [5.41, 5.74) is 3.60. The first-order chi connectivity index (χ1) is 9.15. The predicted molar refractivity (Wildman–Crippen MR) is 81.2 cm³/mol. The highest BCUT2D eigenvalue weighted by Crippen LogP contribution is 2.42. The van der Waals surface area contributed by atoms with Gasteiger partial charge in [0.05, 0.1) is 0 Å². The van der Waals surface area contributed by atoms with Crippen molar-refractivity contribution in [3.63, 3.8) is 0 Å². The molecule has 0 radical (unpaired) electrons. The van der Waals surface area contributed by atoms with Gasteiger partial charge in [-0.05, 0) is 44.9 Å². The van der Waals surface area contributed by atoms with Gasteiger partial charge in [-0.2, -0.15) is 11.8 Å². The number of hydrogen-bond acceptors (Lipinski definition) is 2. The summed E-state index contributed by atoms with van der Waals surface area (Å²) in [6.45, 7) is 3.26. The third-order valence-corrected chi connectivity index (χ3v) is 6.33. The lowest BCUT2D eigenvalue weighted by atomic mass is 9.96. The van der Waals surface area contributed by atoms with Crippen molar-refractivity contribution in [1.82, 2.24) is 4.57 Å². The van der Waals surface area contributed by atoms with Gasteiger partial charge < -0.3 is 4.57 Å². The quantitative estimate of drug-likeness (QED) is 0.833. The van der Waals surface area contributed by atoms with Gasteiger partial charge in [-0.15, -0.1) is 0 Å². The summed E-state index contributed by atoms with van der Waals surface area (Å²) in [5, 5.41) is 0. The fourth-order valence-electron chi connectivity index (χ4n) is 3.74. The minimum atomic E-state index is 0.354. The molecule has 0 atom stereocenters. The molecule has 0 unspecified atom stereocenters. The molecular formula is C16H23NOS. The van der Waals surface area contributed by atoms with Crippen molar-refractivity contribution in [1.29, 1.82) is 0 Å². The van der Waals surface area contributed by atoms with Crippen LogP contribution in [0.3, 0.4) is 0 Å². The van der Waals surface area contributed by atoms with Crippen LogP contribution >= 0.6 is 11.8 Å². The summed E-state index contributed by atoms with van der Waals surface area (Å²) >= 11 is 2.03. The predicted octanol–water partition coefficient (Wildman–Crippen LogP) is 3.99. The zero-order valence-corrected chi connectivity index (χ0v) is 12.8.